The second kappa shape index (κ2) is 9.40. The van der Waals surface area contributed by atoms with Crippen LogP contribution in [0.15, 0.2) is 66.7 Å². The van der Waals surface area contributed by atoms with Crippen molar-refractivity contribution in [3.63, 3.8) is 0 Å². The van der Waals surface area contributed by atoms with Gasteiger partial charge < -0.3 is 9.47 Å². The number of esters is 1. The largest absolute Gasteiger partial charge is 0.482 e. The van der Waals surface area contributed by atoms with E-state index in [1.165, 1.54) is 0 Å². The van der Waals surface area contributed by atoms with Gasteiger partial charge in [-0.25, -0.2) is 4.79 Å². The molecule has 0 amide bonds. The van der Waals surface area contributed by atoms with Gasteiger partial charge in [-0.3, -0.25) is 4.79 Å². The standard InChI is InChI=1S/C26H26O4/c1-17(2)22-12-10-18(3)14-24(22)29-16-25(27)30-23-13-11-21(15-19(23)4)26(28)20-8-6-5-7-9-20/h5-15,17H,16H2,1-4H3. The predicted octanol–water partition coefficient (Wildman–Crippen LogP) is 5.64. The number of benzene rings is 3. The maximum atomic E-state index is 12.6. The van der Waals surface area contributed by atoms with Gasteiger partial charge in [0.05, 0.1) is 0 Å². The van der Waals surface area contributed by atoms with Crippen molar-refractivity contribution < 1.29 is 19.1 Å². The van der Waals surface area contributed by atoms with Crippen molar-refractivity contribution in [1.29, 1.82) is 0 Å². The second-order valence-corrected chi connectivity index (χ2v) is 7.63. The van der Waals surface area contributed by atoms with Crippen LogP contribution in [0, 0.1) is 13.8 Å². The topological polar surface area (TPSA) is 52.6 Å². The van der Waals surface area contributed by atoms with E-state index in [1.54, 1.807) is 30.3 Å². The molecule has 0 radical (unpaired) electrons. The highest BCUT2D eigenvalue weighted by Gasteiger charge is 2.14. The maximum absolute atomic E-state index is 12.6. The van der Waals surface area contributed by atoms with Crippen LogP contribution in [0.1, 0.15) is 52.4 Å². The lowest BCUT2D eigenvalue weighted by Gasteiger charge is -2.15. The van der Waals surface area contributed by atoms with Gasteiger partial charge in [0, 0.05) is 11.1 Å². The molecule has 0 unspecified atom stereocenters. The molecule has 0 N–H and O–H groups in total. The molecule has 0 saturated carbocycles. The Morgan fingerprint density at radius 3 is 2.23 bits per heavy atom. The van der Waals surface area contributed by atoms with Gasteiger partial charge in [0.2, 0.25) is 0 Å². The van der Waals surface area contributed by atoms with Gasteiger partial charge in [0.15, 0.2) is 12.4 Å². The third-order valence-electron chi connectivity index (χ3n) is 4.83. The summed E-state index contributed by atoms with van der Waals surface area (Å²) in [4.78, 5) is 24.9. The van der Waals surface area contributed by atoms with Crippen molar-refractivity contribution in [3.05, 3.63) is 94.5 Å². The Morgan fingerprint density at radius 2 is 1.57 bits per heavy atom. The summed E-state index contributed by atoms with van der Waals surface area (Å²) in [5.41, 5.74) is 4.00. The summed E-state index contributed by atoms with van der Waals surface area (Å²) in [6.45, 7) is 7.77. The third kappa shape index (κ3) is 5.15. The van der Waals surface area contributed by atoms with E-state index in [-0.39, 0.29) is 18.3 Å². The first-order valence-corrected chi connectivity index (χ1v) is 9.99. The van der Waals surface area contributed by atoms with Crippen LogP contribution in [-0.2, 0) is 4.79 Å². The first-order valence-electron chi connectivity index (χ1n) is 9.99. The van der Waals surface area contributed by atoms with E-state index in [4.69, 9.17) is 9.47 Å². The molecule has 0 aliphatic carbocycles. The lowest BCUT2D eigenvalue weighted by atomic mass is 10.0. The summed E-state index contributed by atoms with van der Waals surface area (Å²) in [7, 11) is 0. The van der Waals surface area contributed by atoms with Gasteiger partial charge in [-0.05, 0) is 60.7 Å². The van der Waals surface area contributed by atoms with Crippen molar-refractivity contribution in [3.8, 4) is 11.5 Å². The average Bonchev–Trinajstić information content (AvgIpc) is 2.73. The Bertz CT molecular complexity index is 1050. The van der Waals surface area contributed by atoms with E-state index in [9.17, 15) is 9.59 Å². The van der Waals surface area contributed by atoms with Crippen LogP contribution < -0.4 is 9.47 Å². The molecule has 0 heterocycles. The fraction of sp³-hybridized carbons (Fsp3) is 0.231. The lowest BCUT2D eigenvalue weighted by Crippen LogP contribution is -2.19. The number of carbonyl (C=O) groups is 2. The van der Waals surface area contributed by atoms with Gasteiger partial charge in [0.1, 0.15) is 11.5 Å². The Kier molecular flexibility index (Phi) is 6.68. The number of aryl methyl sites for hydroxylation is 2. The molecule has 0 fully saturated rings. The Hall–Kier alpha value is -3.40. The molecule has 3 aromatic carbocycles. The fourth-order valence-electron chi connectivity index (χ4n) is 3.19. The molecule has 30 heavy (non-hydrogen) atoms. The molecule has 0 atom stereocenters. The highest BCUT2D eigenvalue weighted by Crippen LogP contribution is 2.27. The third-order valence-corrected chi connectivity index (χ3v) is 4.83. The maximum Gasteiger partial charge on any atom is 0.349 e. The summed E-state index contributed by atoms with van der Waals surface area (Å²) in [6, 6.07) is 20.1. The molecule has 0 aliphatic rings. The quantitative estimate of drug-likeness (QED) is 0.291. The molecule has 0 aliphatic heterocycles. The number of rotatable bonds is 7. The lowest BCUT2D eigenvalue weighted by molar-refractivity contribution is -0.136. The van der Waals surface area contributed by atoms with Crippen LogP contribution in [-0.4, -0.2) is 18.4 Å². The molecule has 0 spiro atoms. The van der Waals surface area contributed by atoms with Crippen molar-refractivity contribution in [1.82, 2.24) is 0 Å². The van der Waals surface area contributed by atoms with Gasteiger partial charge in [-0.15, -0.1) is 0 Å². The fourth-order valence-corrected chi connectivity index (χ4v) is 3.19. The summed E-state index contributed by atoms with van der Waals surface area (Å²) >= 11 is 0. The zero-order valence-corrected chi connectivity index (χ0v) is 17.8. The van der Waals surface area contributed by atoms with Crippen LogP contribution in [0.2, 0.25) is 0 Å². The molecular weight excluding hydrogens is 376 g/mol. The first-order chi connectivity index (χ1) is 14.3. The summed E-state index contributed by atoms with van der Waals surface area (Å²) in [5.74, 6) is 0.842. The molecular formula is C26H26O4. The number of ether oxygens (including phenoxy) is 2. The van der Waals surface area contributed by atoms with Crippen molar-refractivity contribution in [2.45, 2.75) is 33.6 Å². The SMILES string of the molecule is Cc1ccc(C(C)C)c(OCC(=O)Oc2ccc(C(=O)c3ccccc3)cc2C)c1. The summed E-state index contributed by atoms with van der Waals surface area (Å²) in [6.07, 6.45) is 0. The average molecular weight is 402 g/mol. The van der Waals surface area contributed by atoms with E-state index in [1.807, 2.05) is 50.2 Å². The van der Waals surface area contributed by atoms with Crippen LogP contribution in [0.3, 0.4) is 0 Å². The zero-order valence-electron chi connectivity index (χ0n) is 17.8. The normalized spacial score (nSPS) is 10.7. The van der Waals surface area contributed by atoms with E-state index in [2.05, 4.69) is 13.8 Å². The predicted molar refractivity (Wildman–Crippen MR) is 117 cm³/mol. The molecule has 4 heteroatoms. The number of hydrogen-bond donors (Lipinski definition) is 0. The molecule has 0 bridgehead atoms. The van der Waals surface area contributed by atoms with E-state index in [0.717, 1.165) is 11.1 Å². The zero-order chi connectivity index (χ0) is 21.7. The second-order valence-electron chi connectivity index (χ2n) is 7.63. The Labute approximate surface area is 177 Å². The monoisotopic (exact) mass is 402 g/mol. The summed E-state index contributed by atoms with van der Waals surface area (Å²) < 4.78 is 11.2. The summed E-state index contributed by atoms with van der Waals surface area (Å²) in [5, 5.41) is 0. The van der Waals surface area contributed by atoms with Gasteiger partial charge >= 0.3 is 5.97 Å². The van der Waals surface area contributed by atoms with Crippen LogP contribution in [0.5, 0.6) is 11.5 Å². The van der Waals surface area contributed by atoms with Crippen molar-refractivity contribution in [2.24, 2.45) is 0 Å². The number of carbonyl (C=O) groups excluding carboxylic acids is 2. The van der Waals surface area contributed by atoms with Gasteiger partial charge in [-0.2, -0.15) is 0 Å². The van der Waals surface area contributed by atoms with Crippen molar-refractivity contribution >= 4 is 11.8 Å². The van der Waals surface area contributed by atoms with Crippen LogP contribution >= 0.6 is 0 Å². The molecule has 0 aromatic heterocycles. The molecule has 3 aromatic rings. The van der Waals surface area contributed by atoms with E-state index < -0.39 is 5.97 Å². The van der Waals surface area contributed by atoms with Gasteiger partial charge in [-0.1, -0.05) is 56.3 Å². The minimum atomic E-state index is -0.489. The van der Waals surface area contributed by atoms with Crippen LogP contribution in [0.25, 0.3) is 0 Å². The molecule has 4 nitrogen and oxygen atoms in total. The Morgan fingerprint density at radius 1 is 0.833 bits per heavy atom. The minimum Gasteiger partial charge on any atom is -0.482 e. The molecule has 0 saturated heterocycles. The highest BCUT2D eigenvalue weighted by molar-refractivity contribution is 6.09. The minimum absolute atomic E-state index is 0.0689. The number of ketones is 1. The molecule has 154 valence electrons. The molecule has 3 rings (SSSR count). The van der Waals surface area contributed by atoms with Crippen molar-refractivity contribution in [2.75, 3.05) is 6.61 Å². The number of hydrogen-bond acceptors (Lipinski definition) is 4. The first kappa shape index (κ1) is 21.3. The van der Waals surface area contributed by atoms with E-state index >= 15 is 0 Å². The smallest absolute Gasteiger partial charge is 0.349 e. The highest BCUT2D eigenvalue weighted by atomic mass is 16.6. The van der Waals surface area contributed by atoms with E-state index in [0.29, 0.717) is 28.2 Å². The van der Waals surface area contributed by atoms with Gasteiger partial charge in [0.25, 0.3) is 0 Å². The Balaban J connectivity index is 1.66. The van der Waals surface area contributed by atoms with Crippen LogP contribution in [0.4, 0.5) is 0 Å².